The van der Waals surface area contributed by atoms with Gasteiger partial charge in [0.1, 0.15) is 5.82 Å². The van der Waals surface area contributed by atoms with Gasteiger partial charge < -0.3 is 4.90 Å². The minimum Gasteiger partial charge on any atom is -0.309 e. The van der Waals surface area contributed by atoms with Gasteiger partial charge in [-0.25, -0.2) is 8.78 Å². The predicted molar refractivity (Wildman–Crippen MR) is 101 cm³/mol. The molecule has 1 radical (unpaired) electrons. The first kappa shape index (κ1) is 23.5. The van der Waals surface area contributed by atoms with Crippen molar-refractivity contribution < 1.29 is 35.3 Å². The molecule has 27 heavy (non-hydrogen) atoms. The minimum atomic E-state index is -0.828. The molecule has 0 aliphatic rings. The molecule has 0 saturated heterocycles. The van der Waals surface area contributed by atoms with Crippen LogP contribution in [0.15, 0.2) is 42.5 Å². The number of carbonyl (C=O) groups excluding carboxylic acids is 1. The smallest absolute Gasteiger partial charge is 0.232 e. The topological polar surface area (TPSA) is 20.3 Å². The van der Waals surface area contributed by atoms with Gasteiger partial charge in [-0.3, -0.25) is 4.79 Å². The molecule has 0 N–H and O–H groups in total. The molecular formula is C22H26F2NOTi. The maximum absolute atomic E-state index is 14.3. The molecule has 2 aromatic rings. The number of benzene rings is 2. The standard InChI is InChI=1S/C22H26F2NO.Ti/c1-4-14-22(2,3)21(26)25(20-13-12-18(23)16-19(20)24)15-8-11-17-9-6-5-7-10-17;/h5-7,9-10,12-13H,4,8,11,14-15H2,1-3H3;. The van der Waals surface area contributed by atoms with Crippen LogP contribution < -0.4 is 4.90 Å². The number of amides is 1. The van der Waals surface area contributed by atoms with Crippen molar-refractivity contribution in [3.8, 4) is 0 Å². The molecule has 0 unspecified atom stereocenters. The molecule has 0 fully saturated rings. The largest absolute Gasteiger partial charge is 0.309 e. The Labute approximate surface area is 175 Å². The van der Waals surface area contributed by atoms with Crippen molar-refractivity contribution in [2.45, 2.75) is 46.5 Å². The zero-order valence-electron chi connectivity index (χ0n) is 16.2. The van der Waals surface area contributed by atoms with Crippen molar-refractivity contribution >= 4 is 11.6 Å². The molecule has 0 saturated carbocycles. The van der Waals surface area contributed by atoms with E-state index in [0.717, 1.165) is 18.9 Å². The Bertz CT molecular complexity index is 734. The Morgan fingerprint density at radius 3 is 2.37 bits per heavy atom. The van der Waals surface area contributed by atoms with Gasteiger partial charge in [0.2, 0.25) is 5.91 Å². The van der Waals surface area contributed by atoms with Crippen LogP contribution >= 0.6 is 0 Å². The monoisotopic (exact) mass is 406 g/mol. The second-order valence-corrected chi connectivity index (χ2v) is 7.19. The van der Waals surface area contributed by atoms with Crippen LogP contribution in [0.3, 0.4) is 0 Å². The molecule has 2 rings (SSSR count). The fourth-order valence-electron chi connectivity index (χ4n) is 3.16. The van der Waals surface area contributed by atoms with Crippen LogP contribution in [0.5, 0.6) is 0 Å². The predicted octanol–water partition coefficient (Wildman–Crippen LogP) is 5.55. The van der Waals surface area contributed by atoms with Crippen LogP contribution in [-0.2, 0) is 32.9 Å². The van der Waals surface area contributed by atoms with E-state index in [-0.39, 0.29) is 33.3 Å². The molecule has 0 aliphatic carbocycles. The third-order valence-electron chi connectivity index (χ3n) is 4.52. The van der Waals surface area contributed by atoms with Gasteiger partial charge in [-0.05, 0) is 37.0 Å². The fraction of sp³-hybridized carbons (Fsp3) is 0.409. The quantitative estimate of drug-likeness (QED) is 0.526. The Morgan fingerprint density at radius 2 is 1.78 bits per heavy atom. The Balaban J connectivity index is 0.00000364. The second-order valence-electron chi connectivity index (χ2n) is 7.19. The van der Waals surface area contributed by atoms with Crippen LogP contribution in [0.2, 0.25) is 0 Å². The molecule has 5 heteroatoms. The van der Waals surface area contributed by atoms with E-state index >= 15 is 0 Å². The maximum atomic E-state index is 14.3. The molecule has 0 spiro atoms. The summed E-state index contributed by atoms with van der Waals surface area (Å²) in [4.78, 5) is 14.5. The molecule has 0 bridgehead atoms. The number of hydrogen-bond acceptors (Lipinski definition) is 1. The molecule has 2 nitrogen and oxygen atoms in total. The summed E-state index contributed by atoms with van der Waals surface area (Å²) < 4.78 is 27.5. The van der Waals surface area contributed by atoms with E-state index in [9.17, 15) is 13.6 Å². The zero-order chi connectivity index (χ0) is 19.2. The van der Waals surface area contributed by atoms with Crippen molar-refractivity contribution in [3.63, 3.8) is 0 Å². The summed E-state index contributed by atoms with van der Waals surface area (Å²) in [5.74, 6) is -1.74. The summed E-state index contributed by atoms with van der Waals surface area (Å²) in [6.45, 7) is 6.13. The average molecular weight is 406 g/mol. The number of nitrogens with zero attached hydrogens (tertiary/aromatic N) is 1. The van der Waals surface area contributed by atoms with Crippen molar-refractivity contribution in [3.05, 3.63) is 65.7 Å². The zero-order valence-corrected chi connectivity index (χ0v) is 17.7. The Morgan fingerprint density at radius 1 is 1.11 bits per heavy atom. The van der Waals surface area contributed by atoms with Crippen LogP contribution in [0.25, 0.3) is 0 Å². The van der Waals surface area contributed by atoms with E-state index in [1.807, 2.05) is 57.2 Å². The Hall–Kier alpha value is -1.52. The first-order valence-electron chi connectivity index (χ1n) is 9.08. The minimum absolute atomic E-state index is 0. The molecule has 0 heterocycles. The van der Waals surface area contributed by atoms with Crippen LogP contribution in [0, 0.1) is 23.1 Å². The van der Waals surface area contributed by atoms with Gasteiger partial charge in [-0.15, -0.1) is 0 Å². The molecule has 2 aromatic carbocycles. The molecule has 0 aliphatic heterocycles. The summed E-state index contributed by atoms with van der Waals surface area (Å²) in [5.41, 5.74) is 0.648. The summed E-state index contributed by atoms with van der Waals surface area (Å²) in [6.07, 6.45) is 3.03. The SMILES string of the molecule is CCCC(C)(C)C(=O)N(CCCc1ccccc1)c1ccc(F)[c]c1F.[Ti]. The summed E-state index contributed by atoms with van der Waals surface area (Å²) in [7, 11) is 0. The summed E-state index contributed by atoms with van der Waals surface area (Å²) in [5, 5.41) is 0. The van der Waals surface area contributed by atoms with E-state index in [2.05, 4.69) is 0 Å². The van der Waals surface area contributed by atoms with Gasteiger partial charge in [0, 0.05) is 33.7 Å². The number of carbonyl (C=O) groups is 1. The van der Waals surface area contributed by atoms with E-state index in [1.54, 1.807) is 0 Å². The van der Waals surface area contributed by atoms with E-state index in [1.165, 1.54) is 16.5 Å². The van der Waals surface area contributed by atoms with Gasteiger partial charge in [-0.2, -0.15) is 0 Å². The molecule has 143 valence electrons. The van der Waals surface area contributed by atoms with Crippen LogP contribution in [-0.4, -0.2) is 12.5 Å². The third-order valence-corrected chi connectivity index (χ3v) is 4.52. The number of hydrogen-bond donors (Lipinski definition) is 0. The van der Waals surface area contributed by atoms with Crippen molar-refractivity contribution in [2.75, 3.05) is 11.4 Å². The summed E-state index contributed by atoms with van der Waals surface area (Å²) in [6, 6.07) is 14.5. The Kier molecular flexibility index (Phi) is 9.34. The van der Waals surface area contributed by atoms with Crippen molar-refractivity contribution in [2.24, 2.45) is 5.41 Å². The molecular weight excluding hydrogens is 380 g/mol. The first-order chi connectivity index (χ1) is 12.3. The van der Waals surface area contributed by atoms with Gasteiger partial charge in [0.25, 0.3) is 0 Å². The maximum Gasteiger partial charge on any atom is 0.232 e. The van der Waals surface area contributed by atoms with E-state index in [0.29, 0.717) is 19.4 Å². The first-order valence-corrected chi connectivity index (χ1v) is 9.08. The van der Waals surface area contributed by atoms with E-state index < -0.39 is 17.0 Å². The number of aryl methyl sites for hydroxylation is 1. The summed E-state index contributed by atoms with van der Waals surface area (Å²) >= 11 is 0. The molecule has 0 aromatic heterocycles. The third kappa shape index (κ3) is 6.55. The normalized spacial score (nSPS) is 11.0. The second kappa shape index (κ2) is 10.7. The van der Waals surface area contributed by atoms with Crippen LogP contribution in [0.4, 0.5) is 14.5 Å². The fourth-order valence-corrected chi connectivity index (χ4v) is 3.16. The number of rotatable bonds is 8. The van der Waals surface area contributed by atoms with Gasteiger partial charge in [0.15, 0.2) is 5.82 Å². The average Bonchev–Trinajstić information content (AvgIpc) is 2.60. The van der Waals surface area contributed by atoms with Gasteiger partial charge >= 0.3 is 0 Å². The number of anilines is 1. The van der Waals surface area contributed by atoms with E-state index in [4.69, 9.17) is 0 Å². The van der Waals surface area contributed by atoms with Gasteiger partial charge in [0.05, 0.1) is 11.8 Å². The van der Waals surface area contributed by atoms with Crippen molar-refractivity contribution in [1.29, 1.82) is 0 Å². The molecule has 0 atom stereocenters. The number of halogens is 2. The molecule has 1 amide bonds. The van der Waals surface area contributed by atoms with Crippen LogP contribution in [0.1, 0.15) is 45.6 Å². The van der Waals surface area contributed by atoms with Crippen molar-refractivity contribution in [1.82, 2.24) is 0 Å². The van der Waals surface area contributed by atoms with Gasteiger partial charge in [-0.1, -0.05) is 57.5 Å².